The van der Waals surface area contributed by atoms with Crippen LogP contribution in [0.2, 0.25) is 0 Å². The highest BCUT2D eigenvalue weighted by atomic mass is 17.2. The lowest BCUT2D eigenvalue weighted by atomic mass is 9.96. The number of rotatable bonds is 13. The molecule has 0 spiro atoms. The van der Waals surface area contributed by atoms with Crippen LogP contribution < -0.4 is 21.3 Å². The molecule has 0 aromatic carbocycles. The molecule has 2 rings (SSSR count). The molecule has 2 aliphatic rings. The number of carbonyl (C=O) groups is 4. The van der Waals surface area contributed by atoms with Crippen molar-refractivity contribution in [2.75, 3.05) is 13.1 Å². The van der Waals surface area contributed by atoms with Gasteiger partial charge >= 0.3 is 0 Å². The van der Waals surface area contributed by atoms with Gasteiger partial charge in [0.1, 0.15) is 48.7 Å². The maximum absolute atomic E-state index is 12.4. The second-order valence-electron chi connectivity index (χ2n) is 9.69. The summed E-state index contributed by atoms with van der Waals surface area (Å²) >= 11 is 0. The van der Waals surface area contributed by atoms with Crippen LogP contribution in [-0.2, 0) is 38.4 Å². The Balaban J connectivity index is 2.32. The largest absolute Gasteiger partial charge is 0.388 e. The Morgan fingerprint density at radius 3 is 1.88 bits per heavy atom. The van der Waals surface area contributed by atoms with Crippen molar-refractivity contribution in [2.45, 2.75) is 75.1 Å². The molecule has 0 bridgehead atoms. The van der Waals surface area contributed by atoms with Crippen LogP contribution in [0.3, 0.4) is 0 Å². The number of aliphatic hydroxyl groups excluding tert-OH is 4. The monoisotopic (exact) mass is 598 g/mol. The average molecular weight is 599 g/mol. The first-order valence-corrected chi connectivity index (χ1v) is 12.8. The van der Waals surface area contributed by atoms with Gasteiger partial charge in [-0.2, -0.15) is 0 Å². The highest BCUT2D eigenvalue weighted by Gasteiger charge is 2.50. The van der Waals surface area contributed by atoms with E-state index in [1.54, 1.807) is 0 Å². The quantitative estimate of drug-likeness (QED) is 0.0587. The SMILES string of the molecule is C=CC(=O)NCC1OC(OOC2C(O)C(CNC(=O)C(=C)C)OC(O)C2NC(=O)C(=C)C)C(NC(=O)C=C)C(O)C1O. The van der Waals surface area contributed by atoms with E-state index in [1.165, 1.54) is 13.8 Å². The molecule has 16 heteroatoms. The van der Waals surface area contributed by atoms with Crippen molar-refractivity contribution in [3.05, 3.63) is 49.6 Å². The Kier molecular flexibility index (Phi) is 12.9. The lowest BCUT2D eigenvalue weighted by Crippen LogP contribution is -2.67. The van der Waals surface area contributed by atoms with E-state index >= 15 is 0 Å². The molecule has 10 atom stereocenters. The van der Waals surface area contributed by atoms with Crippen LogP contribution in [-0.4, -0.2) is 118 Å². The van der Waals surface area contributed by atoms with Crippen molar-refractivity contribution in [1.82, 2.24) is 21.3 Å². The molecule has 2 aliphatic heterocycles. The van der Waals surface area contributed by atoms with Crippen LogP contribution in [0.25, 0.3) is 0 Å². The number of aliphatic hydroxyl groups is 4. The number of hydrogen-bond donors (Lipinski definition) is 8. The Bertz CT molecular complexity index is 1070. The van der Waals surface area contributed by atoms with Gasteiger partial charge < -0.3 is 51.2 Å². The van der Waals surface area contributed by atoms with Crippen LogP contribution in [0.1, 0.15) is 13.8 Å². The Morgan fingerprint density at radius 2 is 1.31 bits per heavy atom. The van der Waals surface area contributed by atoms with Crippen molar-refractivity contribution in [3.8, 4) is 0 Å². The minimum Gasteiger partial charge on any atom is -0.388 e. The highest BCUT2D eigenvalue weighted by Crippen LogP contribution is 2.27. The summed E-state index contributed by atoms with van der Waals surface area (Å²) in [6.07, 6.45) is -10.7. The number of nitrogens with one attached hydrogen (secondary N) is 4. The number of carbonyl (C=O) groups excluding carboxylic acids is 4. The van der Waals surface area contributed by atoms with Gasteiger partial charge in [-0.05, 0) is 26.0 Å². The molecule has 8 N–H and O–H groups in total. The van der Waals surface area contributed by atoms with Crippen molar-refractivity contribution >= 4 is 23.6 Å². The zero-order valence-electron chi connectivity index (χ0n) is 23.2. The number of hydrogen-bond acceptors (Lipinski definition) is 12. The Morgan fingerprint density at radius 1 is 0.738 bits per heavy atom. The molecule has 0 saturated carbocycles. The molecular formula is C26H38N4O12. The molecule has 16 nitrogen and oxygen atoms in total. The van der Waals surface area contributed by atoms with Gasteiger partial charge in [0, 0.05) is 24.2 Å². The zero-order valence-corrected chi connectivity index (χ0v) is 23.2. The van der Waals surface area contributed by atoms with Crippen molar-refractivity contribution in [2.24, 2.45) is 0 Å². The first-order chi connectivity index (χ1) is 19.7. The molecule has 0 radical (unpaired) electrons. The summed E-state index contributed by atoms with van der Waals surface area (Å²) < 4.78 is 11.1. The molecule has 4 amide bonds. The molecule has 2 saturated heterocycles. The third kappa shape index (κ3) is 9.01. The Labute approximate surface area is 241 Å². The van der Waals surface area contributed by atoms with Crippen LogP contribution in [0.15, 0.2) is 49.6 Å². The van der Waals surface area contributed by atoms with E-state index in [0.29, 0.717) is 0 Å². The zero-order chi connectivity index (χ0) is 31.7. The van der Waals surface area contributed by atoms with E-state index in [0.717, 1.165) is 12.2 Å². The number of ether oxygens (including phenoxy) is 2. The van der Waals surface area contributed by atoms with Crippen LogP contribution in [0.5, 0.6) is 0 Å². The summed E-state index contributed by atoms with van der Waals surface area (Å²) in [6.45, 7) is 15.9. The summed E-state index contributed by atoms with van der Waals surface area (Å²) in [5.41, 5.74) is 0.224. The fraction of sp³-hybridized carbons (Fsp3) is 0.538. The van der Waals surface area contributed by atoms with E-state index in [-0.39, 0.29) is 24.2 Å². The fourth-order valence-electron chi connectivity index (χ4n) is 3.94. The number of amides is 4. The first kappa shape index (κ1) is 34.7. The highest BCUT2D eigenvalue weighted by molar-refractivity contribution is 5.92. The van der Waals surface area contributed by atoms with Crippen LogP contribution in [0, 0.1) is 0 Å². The lowest BCUT2D eigenvalue weighted by Gasteiger charge is -2.45. The predicted octanol–water partition coefficient (Wildman–Crippen LogP) is -3.45. The van der Waals surface area contributed by atoms with Gasteiger partial charge in [-0.3, -0.25) is 19.2 Å². The average Bonchev–Trinajstić information content (AvgIpc) is 2.95. The molecular weight excluding hydrogens is 560 g/mol. The maximum Gasteiger partial charge on any atom is 0.246 e. The molecule has 2 fully saturated rings. The fourth-order valence-corrected chi connectivity index (χ4v) is 3.94. The second kappa shape index (κ2) is 15.7. The summed E-state index contributed by atoms with van der Waals surface area (Å²) in [6, 6.07) is -2.92. The minimum atomic E-state index is -1.78. The van der Waals surface area contributed by atoms with Crippen molar-refractivity contribution < 1.29 is 58.9 Å². The van der Waals surface area contributed by atoms with Gasteiger partial charge in [-0.15, -0.1) is 0 Å². The summed E-state index contributed by atoms with van der Waals surface area (Å²) in [7, 11) is 0. The summed E-state index contributed by atoms with van der Waals surface area (Å²) in [4.78, 5) is 58.8. The summed E-state index contributed by atoms with van der Waals surface area (Å²) in [5, 5.41) is 52.6. The van der Waals surface area contributed by atoms with Crippen molar-refractivity contribution in [1.29, 1.82) is 0 Å². The van der Waals surface area contributed by atoms with Gasteiger partial charge in [0.2, 0.25) is 29.9 Å². The normalized spacial score (nSPS) is 32.5. The molecule has 0 aromatic rings. The van der Waals surface area contributed by atoms with E-state index in [2.05, 4.69) is 47.6 Å². The van der Waals surface area contributed by atoms with Gasteiger partial charge in [0.25, 0.3) is 0 Å². The molecule has 10 unspecified atom stereocenters. The van der Waals surface area contributed by atoms with Crippen molar-refractivity contribution in [3.63, 3.8) is 0 Å². The van der Waals surface area contributed by atoms with Crippen LogP contribution in [0.4, 0.5) is 0 Å². The third-order valence-electron chi connectivity index (χ3n) is 6.35. The standard InChI is InChI=1S/C26H38N4O12/c1-7-15(31)27-9-13-19(33)21(35)17(29-16(32)8-2)26(40-13)42-41-22-18(30-24(37)12(5)6)25(38)39-14(20(22)34)10-28-23(36)11(3)4/h7-8,13-14,17-22,25-26,33-35,38H,1-3,5,9-10H2,4,6H3,(H,27,31)(H,28,36)(H,29,32)(H,30,37). The lowest BCUT2D eigenvalue weighted by molar-refractivity contribution is -0.446. The van der Waals surface area contributed by atoms with Gasteiger partial charge in [-0.1, -0.05) is 26.3 Å². The predicted molar refractivity (Wildman–Crippen MR) is 143 cm³/mol. The minimum absolute atomic E-state index is 0.0524. The second-order valence-corrected chi connectivity index (χ2v) is 9.69. The first-order valence-electron chi connectivity index (χ1n) is 12.8. The van der Waals surface area contributed by atoms with E-state index < -0.39 is 84.9 Å². The Hall–Kier alpha value is -3.48. The molecule has 234 valence electrons. The third-order valence-corrected chi connectivity index (χ3v) is 6.35. The van der Waals surface area contributed by atoms with E-state index in [9.17, 15) is 39.6 Å². The van der Waals surface area contributed by atoms with Crippen LogP contribution >= 0.6 is 0 Å². The van der Waals surface area contributed by atoms with Gasteiger partial charge in [0.05, 0.1) is 0 Å². The molecule has 42 heavy (non-hydrogen) atoms. The molecule has 2 heterocycles. The topological polar surface area (TPSA) is 234 Å². The maximum atomic E-state index is 12.4. The van der Waals surface area contributed by atoms with E-state index in [4.69, 9.17) is 19.2 Å². The smallest absolute Gasteiger partial charge is 0.246 e. The summed E-state index contributed by atoms with van der Waals surface area (Å²) in [5.74, 6) is -2.65. The van der Waals surface area contributed by atoms with Gasteiger partial charge in [-0.25, -0.2) is 9.78 Å². The molecule has 0 aliphatic carbocycles. The van der Waals surface area contributed by atoms with Gasteiger partial charge in [0.15, 0.2) is 6.29 Å². The molecule has 0 aromatic heterocycles. The van der Waals surface area contributed by atoms with E-state index in [1.807, 2.05) is 0 Å².